The van der Waals surface area contributed by atoms with Crippen LogP contribution in [0.2, 0.25) is 0 Å². The van der Waals surface area contributed by atoms with E-state index in [9.17, 15) is 13.2 Å². The highest BCUT2D eigenvalue weighted by molar-refractivity contribution is 7.93. The number of nitrogens with one attached hydrogen (secondary N) is 3. The van der Waals surface area contributed by atoms with Crippen molar-refractivity contribution in [2.24, 2.45) is 0 Å². The summed E-state index contributed by atoms with van der Waals surface area (Å²) in [7, 11) is -3.93. The topological polar surface area (TPSA) is 117 Å². The molecular formula is C19H16N4O4S. The van der Waals surface area contributed by atoms with Crippen molar-refractivity contribution in [1.82, 2.24) is 15.5 Å². The minimum absolute atomic E-state index is 0.0598. The molecule has 4 rings (SSSR count). The molecule has 0 atom stereocenters. The Morgan fingerprint density at radius 2 is 1.89 bits per heavy atom. The molecule has 0 saturated heterocycles. The Kier molecular flexibility index (Phi) is 4.58. The first-order chi connectivity index (χ1) is 13.5. The van der Waals surface area contributed by atoms with Crippen LogP contribution >= 0.6 is 0 Å². The van der Waals surface area contributed by atoms with Gasteiger partial charge in [0, 0.05) is 11.6 Å². The Hall–Kier alpha value is -3.59. The van der Waals surface area contributed by atoms with Crippen molar-refractivity contribution in [2.45, 2.75) is 11.4 Å². The molecule has 28 heavy (non-hydrogen) atoms. The van der Waals surface area contributed by atoms with Crippen molar-refractivity contribution >= 4 is 32.4 Å². The lowest BCUT2D eigenvalue weighted by Gasteiger charge is -2.10. The largest absolute Gasteiger partial charge is 0.467 e. The van der Waals surface area contributed by atoms with Gasteiger partial charge < -0.3 is 9.73 Å². The number of hydrogen-bond acceptors (Lipinski definition) is 5. The maximum absolute atomic E-state index is 12.9. The summed E-state index contributed by atoms with van der Waals surface area (Å²) in [5.41, 5.74) is 0.000229. The van der Waals surface area contributed by atoms with E-state index >= 15 is 0 Å². The summed E-state index contributed by atoms with van der Waals surface area (Å²) in [6.07, 6.45) is 2.82. The highest BCUT2D eigenvalue weighted by atomic mass is 32.2. The molecule has 0 radical (unpaired) electrons. The highest BCUT2D eigenvalue weighted by Gasteiger charge is 2.22. The van der Waals surface area contributed by atoms with E-state index in [4.69, 9.17) is 4.42 Å². The lowest BCUT2D eigenvalue weighted by atomic mass is 10.1. The summed E-state index contributed by atoms with van der Waals surface area (Å²) >= 11 is 0. The fourth-order valence-electron chi connectivity index (χ4n) is 2.83. The number of anilines is 1. The predicted octanol–water partition coefficient (Wildman–Crippen LogP) is 2.89. The van der Waals surface area contributed by atoms with Gasteiger partial charge in [0.25, 0.3) is 15.9 Å². The third kappa shape index (κ3) is 3.47. The van der Waals surface area contributed by atoms with Gasteiger partial charge in [-0.1, -0.05) is 36.4 Å². The number of furan rings is 1. The number of hydrogen-bond donors (Lipinski definition) is 3. The molecule has 2 aromatic heterocycles. The smallest absolute Gasteiger partial charge is 0.274 e. The van der Waals surface area contributed by atoms with E-state index in [1.807, 2.05) is 18.2 Å². The van der Waals surface area contributed by atoms with Gasteiger partial charge in [-0.05, 0) is 23.6 Å². The molecule has 142 valence electrons. The van der Waals surface area contributed by atoms with E-state index in [1.54, 1.807) is 30.3 Å². The average Bonchev–Trinajstić information content (AvgIpc) is 3.37. The van der Waals surface area contributed by atoms with E-state index in [0.717, 1.165) is 5.39 Å². The van der Waals surface area contributed by atoms with Gasteiger partial charge in [-0.3, -0.25) is 14.6 Å². The van der Waals surface area contributed by atoms with Gasteiger partial charge in [0.2, 0.25) is 0 Å². The first-order valence-corrected chi connectivity index (χ1v) is 9.88. The molecule has 8 nitrogen and oxygen atoms in total. The number of rotatable bonds is 6. The number of aromatic nitrogens is 2. The van der Waals surface area contributed by atoms with Crippen LogP contribution in [0.5, 0.6) is 0 Å². The number of H-pyrrole nitrogens is 1. The van der Waals surface area contributed by atoms with Crippen molar-refractivity contribution in [3.05, 3.63) is 78.5 Å². The Morgan fingerprint density at radius 3 is 2.71 bits per heavy atom. The maximum atomic E-state index is 12.9. The molecule has 0 bridgehead atoms. The van der Waals surface area contributed by atoms with Crippen LogP contribution in [0, 0.1) is 0 Å². The maximum Gasteiger partial charge on any atom is 0.274 e. The average molecular weight is 396 g/mol. The molecule has 3 N–H and O–H groups in total. The fraction of sp³-hybridized carbons (Fsp3) is 0.0526. The first kappa shape index (κ1) is 17.8. The number of aromatic amines is 1. The minimum atomic E-state index is -3.93. The Morgan fingerprint density at radius 1 is 1.07 bits per heavy atom. The standard InChI is InChI=1S/C19H16N4O4S/c24-19(20-11-14-7-4-10-27-14)18-16(12-21-22-18)23-28(25,26)17-9-3-6-13-5-1-2-8-15(13)17/h1-10,12,23H,11H2,(H,20,24)(H,21,22). The molecule has 0 aliphatic carbocycles. The molecule has 2 aromatic carbocycles. The molecule has 0 unspecified atom stereocenters. The van der Waals surface area contributed by atoms with Gasteiger partial charge in [-0.2, -0.15) is 5.10 Å². The molecular weight excluding hydrogens is 380 g/mol. The SMILES string of the molecule is O=C(NCc1ccco1)c1n[nH]cc1NS(=O)(=O)c1cccc2ccccc12. The molecule has 4 aromatic rings. The zero-order valence-corrected chi connectivity index (χ0v) is 15.4. The summed E-state index contributed by atoms with van der Waals surface area (Å²) in [5, 5.41) is 10.4. The molecule has 2 heterocycles. The molecule has 0 aliphatic heterocycles. The van der Waals surface area contributed by atoms with Crippen molar-refractivity contribution in [2.75, 3.05) is 4.72 Å². The van der Waals surface area contributed by atoms with Gasteiger partial charge in [0.15, 0.2) is 5.69 Å². The second-order valence-corrected chi connectivity index (χ2v) is 7.64. The lowest BCUT2D eigenvalue weighted by molar-refractivity contribution is 0.0944. The second-order valence-electron chi connectivity index (χ2n) is 5.99. The van der Waals surface area contributed by atoms with Crippen LogP contribution in [0.1, 0.15) is 16.2 Å². The Balaban J connectivity index is 1.59. The van der Waals surface area contributed by atoms with Gasteiger partial charge in [0.1, 0.15) is 5.76 Å². The molecule has 0 aliphatic rings. The third-order valence-corrected chi connectivity index (χ3v) is 5.57. The van der Waals surface area contributed by atoms with Crippen LogP contribution < -0.4 is 10.0 Å². The Bertz CT molecular complexity index is 1220. The van der Waals surface area contributed by atoms with Crippen LogP contribution in [0.25, 0.3) is 10.8 Å². The monoisotopic (exact) mass is 396 g/mol. The van der Waals surface area contributed by atoms with E-state index in [0.29, 0.717) is 11.1 Å². The molecule has 0 spiro atoms. The minimum Gasteiger partial charge on any atom is -0.467 e. The van der Waals surface area contributed by atoms with Crippen LogP contribution in [0.4, 0.5) is 5.69 Å². The van der Waals surface area contributed by atoms with E-state index in [2.05, 4.69) is 20.2 Å². The van der Waals surface area contributed by atoms with Crippen LogP contribution in [0.3, 0.4) is 0 Å². The van der Waals surface area contributed by atoms with Gasteiger partial charge in [-0.25, -0.2) is 8.42 Å². The molecule has 0 fully saturated rings. The predicted molar refractivity (Wildman–Crippen MR) is 103 cm³/mol. The third-order valence-electron chi connectivity index (χ3n) is 4.14. The molecule has 9 heteroatoms. The zero-order valence-electron chi connectivity index (χ0n) is 14.5. The van der Waals surface area contributed by atoms with Crippen molar-refractivity contribution in [1.29, 1.82) is 0 Å². The van der Waals surface area contributed by atoms with Crippen molar-refractivity contribution in [3.8, 4) is 0 Å². The summed E-state index contributed by atoms with van der Waals surface area (Å²) in [5.74, 6) is 0.0371. The van der Waals surface area contributed by atoms with Crippen LogP contribution in [0.15, 0.2) is 76.4 Å². The van der Waals surface area contributed by atoms with Crippen LogP contribution in [-0.2, 0) is 16.6 Å². The summed E-state index contributed by atoms with van der Waals surface area (Å²) < 4.78 is 33.5. The van der Waals surface area contributed by atoms with E-state index in [-0.39, 0.29) is 22.8 Å². The summed E-state index contributed by atoms with van der Waals surface area (Å²) in [4.78, 5) is 12.5. The first-order valence-electron chi connectivity index (χ1n) is 8.39. The highest BCUT2D eigenvalue weighted by Crippen LogP contribution is 2.25. The van der Waals surface area contributed by atoms with Crippen molar-refractivity contribution < 1.29 is 17.6 Å². The van der Waals surface area contributed by atoms with Gasteiger partial charge in [-0.15, -0.1) is 0 Å². The summed E-state index contributed by atoms with van der Waals surface area (Å²) in [6.45, 7) is 0.161. The quantitative estimate of drug-likeness (QED) is 0.463. The van der Waals surface area contributed by atoms with Crippen molar-refractivity contribution in [3.63, 3.8) is 0 Å². The van der Waals surface area contributed by atoms with E-state index in [1.165, 1.54) is 18.5 Å². The molecule has 0 saturated carbocycles. The van der Waals surface area contributed by atoms with Gasteiger partial charge in [0.05, 0.1) is 23.4 Å². The Labute approximate surface area is 160 Å². The number of carbonyl (C=O) groups is 1. The number of benzene rings is 2. The zero-order chi connectivity index (χ0) is 19.6. The second kappa shape index (κ2) is 7.20. The normalized spacial score (nSPS) is 11.4. The number of nitrogens with zero attached hydrogens (tertiary/aromatic N) is 1. The van der Waals surface area contributed by atoms with Gasteiger partial charge >= 0.3 is 0 Å². The number of fused-ring (bicyclic) bond motifs is 1. The lowest BCUT2D eigenvalue weighted by Crippen LogP contribution is -2.25. The molecule has 1 amide bonds. The van der Waals surface area contributed by atoms with Crippen LogP contribution in [-0.4, -0.2) is 24.5 Å². The number of amides is 1. The summed E-state index contributed by atoms with van der Waals surface area (Å²) in [6, 6.07) is 15.6. The fourth-order valence-corrected chi connectivity index (χ4v) is 4.12. The number of carbonyl (C=O) groups excluding carboxylic acids is 1. The number of sulfonamides is 1. The van der Waals surface area contributed by atoms with E-state index < -0.39 is 15.9 Å².